The first kappa shape index (κ1) is 11.7. The molecule has 14 heavy (non-hydrogen) atoms. The Labute approximate surface area is 91.3 Å². The summed E-state index contributed by atoms with van der Waals surface area (Å²) in [7, 11) is -1.90. The zero-order valence-corrected chi connectivity index (χ0v) is 10.8. The SMILES string of the molecule is C[Si](C)(C)Oc1cc(Br)cc(F)c1F. The van der Waals surface area contributed by atoms with Crippen molar-refractivity contribution in [2.24, 2.45) is 0 Å². The van der Waals surface area contributed by atoms with Crippen LogP contribution in [0.1, 0.15) is 0 Å². The Balaban J connectivity index is 3.09. The van der Waals surface area contributed by atoms with Crippen LogP contribution in [0.15, 0.2) is 16.6 Å². The molecule has 0 radical (unpaired) electrons. The first-order chi connectivity index (χ1) is 6.29. The van der Waals surface area contributed by atoms with Gasteiger partial charge in [0.15, 0.2) is 11.6 Å². The Morgan fingerprint density at radius 3 is 2.29 bits per heavy atom. The smallest absolute Gasteiger partial charge is 0.242 e. The third-order valence-electron chi connectivity index (χ3n) is 1.38. The van der Waals surface area contributed by atoms with Gasteiger partial charge in [0.05, 0.1) is 0 Å². The molecule has 0 fully saturated rings. The lowest BCUT2D eigenvalue weighted by Crippen LogP contribution is -2.29. The predicted molar refractivity (Wildman–Crippen MR) is 58.0 cm³/mol. The summed E-state index contributed by atoms with van der Waals surface area (Å²) in [6.07, 6.45) is 0. The van der Waals surface area contributed by atoms with E-state index in [-0.39, 0.29) is 5.75 Å². The highest BCUT2D eigenvalue weighted by Gasteiger charge is 2.20. The van der Waals surface area contributed by atoms with Crippen LogP contribution in [-0.4, -0.2) is 8.32 Å². The normalized spacial score (nSPS) is 11.6. The quantitative estimate of drug-likeness (QED) is 0.589. The predicted octanol–water partition coefficient (Wildman–Crippen LogP) is 3.94. The van der Waals surface area contributed by atoms with Crippen LogP contribution in [0.4, 0.5) is 8.78 Å². The van der Waals surface area contributed by atoms with Gasteiger partial charge in [-0.1, -0.05) is 15.9 Å². The second-order valence-corrected chi connectivity index (χ2v) is 9.26. The third-order valence-corrected chi connectivity index (χ3v) is 2.67. The second kappa shape index (κ2) is 3.98. The molecule has 0 saturated carbocycles. The van der Waals surface area contributed by atoms with E-state index in [1.807, 2.05) is 19.6 Å². The largest absolute Gasteiger partial charge is 0.542 e. The van der Waals surface area contributed by atoms with E-state index < -0.39 is 20.0 Å². The minimum absolute atomic E-state index is 0.0176. The molecule has 0 aliphatic rings. The molecule has 0 aliphatic carbocycles. The Bertz CT molecular complexity index is 349. The van der Waals surface area contributed by atoms with Crippen LogP contribution in [0.25, 0.3) is 0 Å². The van der Waals surface area contributed by atoms with Crippen molar-refractivity contribution >= 4 is 24.2 Å². The zero-order chi connectivity index (χ0) is 10.9. The summed E-state index contributed by atoms with van der Waals surface area (Å²) in [6, 6.07) is 2.52. The summed E-state index contributed by atoms with van der Waals surface area (Å²) in [6.45, 7) is 5.72. The number of rotatable bonds is 2. The second-order valence-electron chi connectivity index (χ2n) is 3.91. The molecule has 1 aromatic rings. The summed E-state index contributed by atoms with van der Waals surface area (Å²) in [5.74, 6) is -1.83. The molecule has 0 bridgehead atoms. The van der Waals surface area contributed by atoms with Crippen molar-refractivity contribution in [1.29, 1.82) is 0 Å². The maximum Gasteiger partial charge on any atom is 0.242 e. The van der Waals surface area contributed by atoms with E-state index in [4.69, 9.17) is 4.43 Å². The minimum atomic E-state index is -1.90. The number of hydrogen-bond acceptors (Lipinski definition) is 1. The van der Waals surface area contributed by atoms with Crippen LogP contribution in [0.2, 0.25) is 19.6 Å². The Kier molecular flexibility index (Phi) is 3.31. The lowest BCUT2D eigenvalue weighted by atomic mass is 10.3. The molecular formula is C9H11BrF2OSi. The fraction of sp³-hybridized carbons (Fsp3) is 0.333. The van der Waals surface area contributed by atoms with Crippen LogP contribution in [0.5, 0.6) is 5.75 Å². The topological polar surface area (TPSA) is 9.23 Å². The molecule has 0 unspecified atom stereocenters. The van der Waals surface area contributed by atoms with Gasteiger partial charge in [0.25, 0.3) is 0 Å². The van der Waals surface area contributed by atoms with Gasteiger partial charge in [-0.3, -0.25) is 0 Å². The van der Waals surface area contributed by atoms with Gasteiger partial charge in [0.2, 0.25) is 8.32 Å². The first-order valence-electron chi connectivity index (χ1n) is 4.13. The van der Waals surface area contributed by atoms with Crippen LogP contribution >= 0.6 is 15.9 Å². The van der Waals surface area contributed by atoms with Crippen molar-refractivity contribution in [2.75, 3.05) is 0 Å². The van der Waals surface area contributed by atoms with E-state index in [0.29, 0.717) is 4.47 Å². The van der Waals surface area contributed by atoms with Gasteiger partial charge in [-0.15, -0.1) is 0 Å². The summed E-state index contributed by atoms with van der Waals surface area (Å²) in [4.78, 5) is 0. The summed E-state index contributed by atoms with van der Waals surface area (Å²) in [5, 5.41) is 0. The van der Waals surface area contributed by atoms with E-state index in [9.17, 15) is 8.78 Å². The molecule has 0 aromatic heterocycles. The molecule has 0 N–H and O–H groups in total. The molecule has 1 rings (SSSR count). The van der Waals surface area contributed by atoms with Crippen molar-refractivity contribution in [3.63, 3.8) is 0 Å². The molecule has 5 heteroatoms. The van der Waals surface area contributed by atoms with Crippen molar-refractivity contribution in [2.45, 2.75) is 19.6 Å². The number of halogens is 3. The van der Waals surface area contributed by atoms with Gasteiger partial charge in [-0.2, -0.15) is 4.39 Å². The van der Waals surface area contributed by atoms with Crippen molar-refractivity contribution in [1.82, 2.24) is 0 Å². The van der Waals surface area contributed by atoms with Gasteiger partial charge >= 0.3 is 0 Å². The standard InChI is InChI=1S/C9H11BrF2OSi/c1-14(2,3)13-8-5-6(10)4-7(11)9(8)12/h4-5H,1-3H3. The summed E-state index contributed by atoms with van der Waals surface area (Å²) >= 11 is 3.08. The minimum Gasteiger partial charge on any atom is -0.542 e. The first-order valence-corrected chi connectivity index (χ1v) is 8.33. The fourth-order valence-electron chi connectivity index (χ4n) is 0.937. The fourth-order valence-corrected chi connectivity index (χ4v) is 2.15. The van der Waals surface area contributed by atoms with Gasteiger partial charge in [0.1, 0.15) is 5.75 Å². The molecule has 0 heterocycles. The molecule has 0 saturated heterocycles. The Hall–Kier alpha value is -0.423. The number of benzene rings is 1. The summed E-state index contributed by atoms with van der Waals surface area (Å²) < 4.78 is 32.0. The van der Waals surface area contributed by atoms with Crippen molar-refractivity contribution in [3.8, 4) is 5.75 Å². The molecule has 0 aliphatic heterocycles. The maximum absolute atomic E-state index is 13.2. The van der Waals surface area contributed by atoms with Crippen LogP contribution in [0.3, 0.4) is 0 Å². The highest BCUT2D eigenvalue weighted by Crippen LogP contribution is 2.27. The van der Waals surface area contributed by atoms with E-state index >= 15 is 0 Å². The highest BCUT2D eigenvalue weighted by atomic mass is 79.9. The van der Waals surface area contributed by atoms with Crippen LogP contribution < -0.4 is 4.43 Å². The van der Waals surface area contributed by atoms with Gasteiger partial charge in [-0.25, -0.2) is 4.39 Å². The van der Waals surface area contributed by atoms with Gasteiger partial charge in [0, 0.05) is 4.47 Å². The zero-order valence-electron chi connectivity index (χ0n) is 8.20. The Morgan fingerprint density at radius 1 is 1.21 bits per heavy atom. The molecular weight excluding hydrogens is 270 g/mol. The van der Waals surface area contributed by atoms with Crippen LogP contribution in [0, 0.1) is 11.6 Å². The van der Waals surface area contributed by atoms with Crippen molar-refractivity contribution < 1.29 is 13.2 Å². The van der Waals surface area contributed by atoms with E-state index in [1.165, 1.54) is 6.07 Å². The summed E-state index contributed by atoms with van der Waals surface area (Å²) in [5.41, 5.74) is 0. The lowest BCUT2D eigenvalue weighted by molar-refractivity contribution is 0.449. The van der Waals surface area contributed by atoms with E-state index in [2.05, 4.69) is 15.9 Å². The maximum atomic E-state index is 13.2. The molecule has 78 valence electrons. The van der Waals surface area contributed by atoms with Gasteiger partial charge < -0.3 is 4.43 Å². The Morgan fingerprint density at radius 2 is 1.79 bits per heavy atom. The molecule has 0 spiro atoms. The monoisotopic (exact) mass is 280 g/mol. The van der Waals surface area contributed by atoms with Crippen LogP contribution in [-0.2, 0) is 0 Å². The van der Waals surface area contributed by atoms with E-state index in [1.54, 1.807) is 0 Å². The number of hydrogen-bond donors (Lipinski definition) is 0. The molecule has 1 aromatic carbocycles. The van der Waals surface area contributed by atoms with Crippen molar-refractivity contribution in [3.05, 3.63) is 28.2 Å². The molecule has 0 amide bonds. The third kappa shape index (κ3) is 3.06. The van der Waals surface area contributed by atoms with E-state index in [0.717, 1.165) is 6.07 Å². The average molecular weight is 281 g/mol. The average Bonchev–Trinajstić information content (AvgIpc) is 1.96. The molecule has 1 nitrogen and oxygen atoms in total. The van der Waals surface area contributed by atoms with Gasteiger partial charge in [-0.05, 0) is 31.8 Å². The lowest BCUT2D eigenvalue weighted by Gasteiger charge is -2.19. The molecule has 0 atom stereocenters. The highest BCUT2D eigenvalue weighted by molar-refractivity contribution is 9.10.